The Kier molecular flexibility index (Phi) is 2.30. The molecule has 1 aliphatic rings. The summed E-state index contributed by atoms with van der Waals surface area (Å²) in [5, 5.41) is 2.96. The van der Waals surface area contributed by atoms with Crippen molar-refractivity contribution in [2.45, 2.75) is 25.3 Å². The van der Waals surface area contributed by atoms with Gasteiger partial charge in [-0.15, -0.1) is 0 Å². The fraction of sp³-hybridized carbons (Fsp3) is 0.364. The molecular formula is C11H12NO. The summed E-state index contributed by atoms with van der Waals surface area (Å²) in [7, 11) is 0. The van der Waals surface area contributed by atoms with Crippen LogP contribution in [0.25, 0.3) is 0 Å². The lowest BCUT2D eigenvalue weighted by Gasteiger charge is -2.26. The summed E-state index contributed by atoms with van der Waals surface area (Å²) in [6, 6.07) is 10.6. The number of rotatable bonds is 2. The molecule has 1 amide bonds. The monoisotopic (exact) mass is 174 g/mol. The van der Waals surface area contributed by atoms with Gasteiger partial charge in [0.1, 0.15) is 0 Å². The average molecular weight is 174 g/mol. The highest BCUT2D eigenvalue weighted by molar-refractivity contribution is 5.94. The van der Waals surface area contributed by atoms with Gasteiger partial charge in [-0.2, -0.15) is 0 Å². The Hall–Kier alpha value is -1.31. The van der Waals surface area contributed by atoms with Gasteiger partial charge in [0.15, 0.2) is 0 Å². The number of amides is 1. The van der Waals surface area contributed by atoms with Crippen LogP contribution in [0.3, 0.4) is 0 Å². The second kappa shape index (κ2) is 3.60. The first-order chi connectivity index (χ1) is 6.36. The zero-order chi connectivity index (χ0) is 9.10. The maximum absolute atomic E-state index is 11.5. The summed E-state index contributed by atoms with van der Waals surface area (Å²) in [4.78, 5) is 11.5. The van der Waals surface area contributed by atoms with Gasteiger partial charge in [-0.3, -0.25) is 4.79 Å². The number of nitrogens with one attached hydrogen (secondary N) is 1. The molecule has 1 aromatic carbocycles. The van der Waals surface area contributed by atoms with E-state index in [0.29, 0.717) is 11.6 Å². The van der Waals surface area contributed by atoms with Crippen LogP contribution < -0.4 is 5.32 Å². The molecule has 67 valence electrons. The fourth-order valence-electron chi connectivity index (χ4n) is 1.35. The molecule has 1 radical (unpaired) electrons. The van der Waals surface area contributed by atoms with Crippen LogP contribution in [0.5, 0.6) is 0 Å². The van der Waals surface area contributed by atoms with E-state index in [4.69, 9.17) is 0 Å². The third kappa shape index (κ3) is 1.89. The molecule has 0 saturated heterocycles. The summed E-state index contributed by atoms with van der Waals surface area (Å²) in [5.41, 5.74) is 0.634. The molecule has 2 rings (SSSR count). The van der Waals surface area contributed by atoms with Crippen molar-refractivity contribution in [3.8, 4) is 0 Å². The lowest BCUT2D eigenvalue weighted by molar-refractivity contribution is 0.0916. The van der Waals surface area contributed by atoms with Gasteiger partial charge in [-0.1, -0.05) is 18.2 Å². The largest absolute Gasteiger partial charge is 0.349 e. The standard InChI is InChI=1S/C11H12NO/c13-11(12-10-7-4-8-10)9-5-2-1-3-6-9/h1-3,5,10H,4,7-8H2,(H,12,13). The van der Waals surface area contributed by atoms with Crippen LogP contribution in [0.4, 0.5) is 0 Å². The molecular weight excluding hydrogens is 162 g/mol. The maximum Gasteiger partial charge on any atom is 0.252 e. The average Bonchev–Trinajstić information content (AvgIpc) is 2.12. The predicted octanol–water partition coefficient (Wildman–Crippen LogP) is 1.77. The van der Waals surface area contributed by atoms with Crippen LogP contribution in [0, 0.1) is 6.07 Å². The van der Waals surface area contributed by atoms with Gasteiger partial charge in [0.05, 0.1) is 0 Å². The van der Waals surface area contributed by atoms with Crippen molar-refractivity contribution < 1.29 is 4.79 Å². The summed E-state index contributed by atoms with van der Waals surface area (Å²) < 4.78 is 0. The Morgan fingerprint density at radius 2 is 2.31 bits per heavy atom. The zero-order valence-corrected chi connectivity index (χ0v) is 7.42. The molecule has 1 aromatic rings. The highest BCUT2D eigenvalue weighted by Crippen LogP contribution is 2.18. The molecule has 2 nitrogen and oxygen atoms in total. The van der Waals surface area contributed by atoms with Gasteiger partial charge in [-0.25, -0.2) is 0 Å². The molecule has 1 aliphatic carbocycles. The Bertz CT molecular complexity index is 290. The molecule has 0 aliphatic heterocycles. The van der Waals surface area contributed by atoms with Gasteiger partial charge in [-0.05, 0) is 31.4 Å². The number of benzene rings is 1. The first-order valence-corrected chi connectivity index (χ1v) is 4.64. The van der Waals surface area contributed by atoms with Crippen molar-refractivity contribution in [2.24, 2.45) is 0 Å². The molecule has 13 heavy (non-hydrogen) atoms. The Labute approximate surface area is 78.0 Å². The Balaban J connectivity index is 1.97. The molecule has 0 spiro atoms. The van der Waals surface area contributed by atoms with E-state index in [0.717, 1.165) is 12.8 Å². The topological polar surface area (TPSA) is 29.1 Å². The van der Waals surface area contributed by atoms with E-state index in [-0.39, 0.29) is 5.91 Å². The summed E-state index contributed by atoms with van der Waals surface area (Å²) in [6.07, 6.45) is 3.49. The minimum absolute atomic E-state index is 0.00491. The van der Waals surface area contributed by atoms with Gasteiger partial charge in [0.2, 0.25) is 0 Å². The van der Waals surface area contributed by atoms with Crippen molar-refractivity contribution in [2.75, 3.05) is 0 Å². The van der Waals surface area contributed by atoms with Crippen LogP contribution in [-0.4, -0.2) is 11.9 Å². The quantitative estimate of drug-likeness (QED) is 0.727. The lowest BCUT2D eigenvalue weighted by atomic mass is 9.93. The Morgan fingerprint density at radius 3 is 2.85 bits per heavy atom. The predicted molar refractivity (Wildman–Crippen MR) is 50.4 cm³/mol. The Morgan fingerprint density at radius 1 is 1.46 bits per heavy atom. The summed E-state index contributed by atoms with van der Waals surface area (Å²) >= 11 is 0. The molecule has 1 fully saturated rings. The van der Waals surface area contributed by atoms with Crippen LogP contribution in [0.1, 0.15) is 29.6 Å². The minimum atomic E-state index is 0.00491. The summed E-state index contributed by atoms with van der Waals surface area (Å²) in [6.45, 7) is 0. The number of hydrogen-bond acceptors (Lipinski definition) is 1. The highest BCUT2D eigenvalue weighted by Gasteiger charge is 2.19. The van der Waals surface area contributed by atoms with Gasteiger partial charge in [0.25, 0.3) is 5.91 Å². The fourth-order valence-corrected chi connectivity index (χ4v) is 1.35. The van der Waals surface area contributed by atoms with E-state index in [1.807, 2.05) is 12.1 Å². The van der Waals surface area contributed by atoms with Crippen molar-refractivity contribution in [1.82, 2.24) is 5.32 Å². The van der Waals surface area contributed by atoms with Gasteiger partial charge < -0.3 is 5.32 Å². The smallest absolute Gasteiger partial charge is 0.252 e. The molecule has 0 bridgehead atoms. The van der Waals surface area contributed by atoms with Gasteiger partial charge >= 0.3 is 0 Å². The zero-order valence-electron chi connectivity index (χ0n) is 7.42. The molecule has 1 saturated carbocycles. The SMILES string of the molecule is O=C(NC1CCC1)c1[c]cccc1. The minimum Gasteiger partial charge on any atom is -0.349 e. The van der Waals surface area contributed by atoms with E-state index in [1.54, 1.807) is 12.1 Å². The normalized spacial score (nSPS) is 16.3. The number of hydrogen-bond donors (Lipinski definition) is 1. The van der Waals surface area contributed by atoms with E-state index >= 15 is 0 Å². The third-order valence-corrected chi connectivity index (χ3v) is 2.39. The molecule has 2 heteroatoms. The van der Waals surface area contributed by atoms with E-state index < -0.39 is 0 Å². The first kappa shape index (κ1) is 8.30. The van der Waals surface area contributed by atoms with Crippen molar-refractivity contribution in [1.29, 1.82) is 0 Å². The van der Waals surface area contributed by atoms with Crippen LogP contribution in [0.2, 0.25) is 0 Å². The van der Waals surface area contributed by atoms with Crippen LogP contribution in [0.15, 0.2) is 24.3 Å². The van der Waals surface area contributed by atoms with E-state index in [1.165, 1.54) is 6.42 Å². The molecule has 0 unspecified atom stereocenters. The van der Waals surface area contributed by atoms with Crippen molar-refractivity contribution in [3.63, 3.8) is 0 Å². The molecule has 1 N–H and O–H groups in total. The van der Waals surface area contributed by atoms with E-state index in [9.17, 15) is 4.79 Å². The number of carbonyl (C=O) groups is 1. The van der Waals surface area contributed by atoms with Crippen LogP contribution in [-0.2, 0) is 0 Å². The molecule has 0 aromatic heterocycles. The first-order valence-electron chi connectivity index (χ1n) is 4.64. The van der Waals surface area contributed by atoms with Crippen molar-refractivity contribution >= 4 is 5.91 Å². The second-order valence-corrected chi connectivity index (χ2v) is 3.38. The van der Waals surface area contributed by atoms with Crippen molar-refractivity contribution in [3.05, 3.63) is 35.9 Å². The lowest BCUT2D eigenvalue weighted by Crippen LogP contribution is -2.39. The highest BCUT2D eigenvalue weighted by atomic mass is 16.1. The van der Waals surface area contributed by atoms with Gasteiger partial charge in [0, 0.05) is 11.6 Å². The third-order valence-electron chi connectivity index (χ3n) is 2.39. The summed E-state index contributed by atoms with van der Waals surface area (Å²) in [5.74, 6) is 0.00491. The molecule has 0 atom stereocenters. The van der Waals surface area contributed by atoms with E-state index in [2.05, 4.69) is 11.4 Å². The number of carbonyl (C=O) groups excluding carboxylic acids is 1. The molecule has 0 heterocycles. The second-order valence-electron chi connectivity index (χ2n) is 3.38. The maximum atomic E-state index is 11.5. The van der Waals surface area contributed by atoms with Crippen LogP contribution >= 0.6 is 0 Å².